The fourth-order valence-corrected chi connectivity index (χ4v) is 5.54. The van der Waals surface area contributed by atoms with E-state index in [1.807, 2.05) is 36.0 Å². The molecule has 1 atom stereocenters. The molecule has 0 saturated heterocycles. The van der Waals surface area contributed by atoms with Gasteiger partial charge in [-0.1, -0.05) is 36.4 Å². The van der Waals surface area contributed by atoms with Crippen LogP contribution in [0, 0.1) is 0 Å². The van der Waals surface area contributed by atoms with Gasteiger partial charge in [-0.15, -0.1) is 0 Å². The van der Waals surface area contributed by atoms with Crippen molar-refractivity contribution in [2.45, 2.75) is 24.0 Å². The van der Waals surface area contributed by atoms with Crippen LogP contribution in [0.2, 0.25) is 0 Å². The first-order valence-corrected chi connectivity index (χ1v) is 12.3. The summed E-state index contributed by atoms with van der Waals surface area (Å²) in [6.07, 6.45) is 7.23. The van der Waals surface area contributed by atoms with Crippen molar-refractivity contribution in [1.82, 2.24) is 23.8 Å². The van der Waals surface area contributed by atoms with Crippen LogP contribution in [0.3, 0.4) is 0 Å². The van der Waals surface area contributed by atoms with E-state index >= 15 is 0 Å². The van der Waals surface area contributed by atoms with Crippen LogP contribution in [0.25, 0.3) is 11.1 Å². The number of aryl methyl sites for hydroxylation is 2. The zero-order chi connectivity index (χ0) is 23.0. The van der Waals surface area contributed by atoms with Gasteiger partial charge in [0.05, 0.1) is 24.9 Å². The lowest BCUT2D eigenvalue weighted by Gasteiger charge is -2.36. The lowest BCUT2D eigenvalue weighted by atomic mass is 9.94. The summed E-state index contributed by atoms with van der Waals surface area (Å²) < 4.78 is 32.4. The molecular weight excluding hydrogens is 436 g/mol. The molecule has 0 fully saturated rings. The number of nitrogens with one attached hydrogen (secondary N) is 1. The van der Waals surface area contributed by atoms with Crippen molar-refractivity contribution in [3.8, 4) is 11.1 Å². The van der Waals surface area contributed by atoms with E-state index in [4.69, 9.17) is 0 Å². The molecular formula is C24H26N6O2S. The van der Waals surface area contributed by atoms with Gasteiger partial charge in [-0.25, -0.2) is 23.1 Å². The van der Waals surface area contributed by atoms with Crippen molar-refractivity contribution in [2.24, 2.45) is 14.1 Å². The fraction of sp³-hybridized carbons (Fsp3) is 0.250. The lowest BCUT2D eigenvalue weighted by molar-refractivity contribution is 0.520. The minimum atomic E-state index is -3.72. The van der Waals surface area contributed by atoms with Gasteiger partial charge in [0.2, 0.25) is 0 Å². The summed E-state index contributed by atoms with van der Waals surface area (Å²) in [5.74, 6) is 0. The number of sulfonamides is 1. The molecule has 1 aliphatic rings. The predicted molar refractivity (Wildman–Crippen MR) is 127 cm³/mol. The maximum absolute atomic E-state index is 13.0. The van der Waals surface area contributed by atoms with E-state index in [9.17, 15) is 8.42 Å². The van der Waals surface area contributed by atoms with Crippen molar-refractivity contribution >= 4 is 15.7 Å². The van der Waals surface area contributed by atoms with Crippen molar-refractivity contribution in [3.63, 3.8) is 0 Å². The summed E-state index contributed by atoms with van der Waals surface area (Å²) in [7, 11) is -0.00485. The third-order valence-electron chi connectivity index (χ3n) is 5.98. The lowest BCUT2D eigenvalue weighted by Crippen LogP contribution is -2.48. The molecule has 0 amide bonds. The van der Waals surface area contributed by atoms with Gasteiger partial charge < -0.3 is 14.0 Å². The molecule has 2 aromatic carbocycles. The van der Waals surface area contributed by atoms with E-state index in [0.717, 1.165) is 28.1 Å². The zero-order valence-electron chi connectivity index (χ0n) is 18.6. The number of fused-ring (bicyclic) bond motifs is 1. The van der Waals surface area contributed by atoms with Gasteiger partial charge in [-0.05, 0) is 35.2 Å². The molecule has 0 aliphatic carbocycles. The summed E-state index contributed by atoms with van der Waals surface area (Å²) in [5, 5.41) is 0.0343. The first-order chi connectivity index (χ1) is 15.9. The topological polar surface area (TPSA) is 85.1 Å². The van der Waals surface area contributed by atoms with Gasteiger partial charge in [-0.3, -0.25) is 0 Å². The van der Waals surface area contributed by atoms with E-state index in [-0.39, 0.29) is 11.1 Å². The van der Waals surface area contributed by atoms with Crippen LogP contribution < -0.4 is 9.62 Å². The number of benzene rings is 2. The minimum absolute atomic E-state index is 0.0343. The Morgan fingerprint density at radius 3 is 2.58 bits per heavy atom. The van der Waals surface area contributed by atoms with Crippen molar-refractivity contribution in [1.29, 1.82) is 0 Å². The molecule has 2 aromatic heterocycles. The number of hydrogen-bond donors (Lipinski definition) is 1. The molecule has 0 spiro atoms. The number of hydrogen-bond acceptors (Lipinski definition) is 5. The van der Waals surface area contributed by atoms with E-state index in [0.29, 0.717) is 19.5 Å². The molecule has 0 radical (unpaired) electrons. The molecule has 9 heteroatoms. The van der Waals surface area contributed by atoms with Crippen molar-refractivity contribution in [2.75, 3.05) is 11.4 Å². The van der Waals surface area contributed by atoms with Crippen molar-refractivity contribution in [3.05, 3.63) is 84.8 Å². The van der Waals surface area contributed by atoms with Gasteiger partial charge in [0.1, 0.15) is 0 Å². The van der Waals surface area contributed by atoms with Crippen LogP contribution >= 0.6 is 0 Å². The molecule has 0 bridgehead atoms. The van der Waals surface area contributed by atoms with Crippen LogP contribution in [0.15, 0.2) is 78.6 Å². The molecule has 1 N–H and O–H groups in total. The normalized spacial score (nSPS) is 16.1. The largest absolute Gasteiger partial charge is 0.364 e. The number of nitrogens with zero attached hydrogens (tertiary/aromatic N) is 5. The monoisotopic (exact) mass is 462 g/mol. The average molecular weight is 463 g/mol. The highest BCUT2D eigenvalue weighted by molar-refractivity contribution is 7.89. The Kier molecular flexibility index (Phi) is 5.51. The standard InChI is InChI=1S/C24H26N6O2S/c1-28-15-24(26-17-28)33(31,32)27-21-11-20-10-19(18-6-4-3-5-7-18)8-9-23(20)30(13-21)14-22-12-25-16-29(22)2/h3-10,12,15-17,21,27H,11,13-14H2,1-2H3. The summed E-state index contributed by atoms with van der Waals surface area (Å²) in [6.45, 7) is 1.19. The van der Waals surface area contributed by atoms with Crippen LogP contribution in [-0.2, 0) is 37.1 Å². The van der Waals surface area contributed by atoms with Gasteiger partial charge in [0, 0.05) is 44.8 Å². The molecule has 5 rings (SSSR count). The van der Waals surface area contributed by atoms with Gasteiger partial charge in [-0.2, -0.15) is 0 Å². The maximum atomic E-state index is 13.0. The smallest absolute Gasteiger partial charge is 0.259 e. The molecule has 1 unspecified atom stereocenters. The fourth-order valence-electron chi connectivity index (χ4n) is 4.33. The van der Waals surface area contributed by atoms with Gasteiger partial charge in [0.15, 0.2) is 5.03 Å². The average Bonchev–Trinajstić information content (AvgIpc) is 3.42. The Morgan fingerprint density at radius 2 is 1.88 bits per heavy atom. The summed E-state index contributed by atoms with van der Waals surface area (Å²) in [4.78, 5) is 10.5. The molecule has 3 heterocycles. The highest BCUT2D eigenvalue weighted by atomic mass is 32.2. The number of rotatable bonds is 6. The minimum Gasteiger partial charge on any atom is -0.364 e. The Balaban J connectivity index is 1.49. The van der Waals surface area contributed by atoms with E-state index in [2.05, 4.69) is 49.9 Å². The second-order valence-corrected chi connectivity index (χ2v) is 10.1. The first kappa shape index (κ1) is 21.4. The Labute approximate surface area is 193 Å². The molecule has 33 heavy (non-hydrogen) atoms. The van der Waals surface area contributed by atoms with Gasteiger partial charge in [0.25, 0.3) is 10.0 Å². The number of aromatic nitrogens is 4. The Bertz CT molecular complexity index is 1380. The SMILES string of the molecule is Cn1cnc(S(=O)(=O)NC2Cc3cc(-c4ccccc4)ccc3N(Cc3cncn3C)C2)c1. The third kappa shape index (κ3) is 4.42. The van der Waals surface area contributed by atoms with E-state index in [1.54, 1.807) is 17.9 Å². The first-order valence-electron chi connectivity index (χ1n) is 10.8. The molecule has 0 saturated carbocycles. The van der Waals surface area contributed by atoms with Crippen LogP contribution in [0.5, 0.6) is 0 Å². The maximum Gasteiger partial charge on any atom is 0.259 e. The highest BCUT2D eigenvalue weighted by Gasteiger charge is 2.30. The molecule has 1 aliphatic heterocycles. The van der Waals surface area contributed by atoms with Crippen molar-refractivity contribution < 1.29 is 8.42 Å². The van der Waals surface area contributed by atoms with Crippen LogP contribution in [-0.4, -0.2) is 40.1 Å². The quantitative estimate of drug-likeness (QED) is 0.476. The van der Waals surface area contributed by atoms with E-state index < -0.39 is 10.0 Å². The Morgan fingerprint density at radius 1 is 1.06 bits per heavy atom. The zero-order valence-corrected chi connectivity index (χ0v) is 19.4. The van der Waals surface area contributed by atoms with E-state index in [1.165, 1.54) is 12.5 Å². The third-order valence-corrected chi connectivity index (χ3v) is 7.39. The molecule has 4 aromatic rings. The van der Waals surface area contributed by atoms with Crippen LogP contribution in [0.4, 0.5) is 5.69 Å². The highest BCUT2D eigenvalue weighted by Crippen LogP contribution is 2.33. The predicted octanol–water partition coefficient (Wildman–Crippen LogP) is 2.73. The second kappa shape index (κ2) is 8.49. The molecule has 170 valence electrons. The molecule has 8 nitrogen and oxygen atoms in total. The number of imidazole rings is 2. The summed E-state index contributed by atoms with van der Waals surface area (Å²) in [5.41, 5.74) is 5.53. The second-order valence-electron chi connectivity index (χ2n) is 8.49. The Hall–Kier alpha value is -3.43. The van der Waals surface area contributed by atoms with Crippen LogP contribution in [0.1, 0.15) is 11.3 Å². The number of anilines is 1. The summed E-state index contributed by atoms with van der Waals surface area (Å²) in [6, 6.07) is 16.4. The summed E-state index contributed by atoms with van der Waals surface area (Å²) >= 11 is 0. The van der Waals surface area contributed by atoms with Gasteiger partial charge >= 0.3 is 0 Å².